The van der Waals surface area contributed by atoms with Gasteiger partial charge in [0.25, 0.3) is 0 Å². The van der Waals surface area contributed by atoms with Crippen molar-refractivity contribution < 1.29 is 0 Å². The Hall–Kier alpha value is -6.19. The third-order valence-corrected chi connectivity index (χ3v) is 8.88. The highest BCUT2D eigenvalue weighted by Crippen LogP contribution is 2.40. The number of hydrogen-bond acceptors (Lipinski definition) is 3. The molecule has 3 heteroatoms. The van der Waals surface area contributed by atoms with Crippen molar-refractivity contribution in [2.45, 2.75) is 0 Å². The molecular formula is C43H27N3. The maximum Gasteiger partial charge on any atom is 0.164 e. The summed E-state index contributed by atoms with van der Waals surface area (Å²) in [6, 6.07) is 57.7. The molecule has 0 saturated carbocycles. The van der Waals surface area contributed by atoms with Crippen molar-refractivity contribution in [2.24, 2.45) is 0 Å². The second-order valence-corrected chi connectivity index (χ2v) is 11.7. The Morgan fingerprint density at radius 1 is 0.261 bits per heavy atom. The lowest BCUT2D eigenvalue weighted by atomic mass is 9.89. The average molecular weight is 586 g/mol. The van der Waals surface area contributed by atoms with Crippen LogP contribution >= 0.6 is 0 Å². The fourth-order valence-corrected chi connectivity index (χ4v) is 6.60. The summed E-state index contributed by atoms with van der Waals surface area (Å²) in [7, 11) is 0. The zero-order chi connectivity index (χ0) is 30.5. The van der Waals surface area contributed by atoms with E-state index in [9.17, 15) is 0 Å². The van der Waals surface area contributed by atoms with Crippen LogP contribution in [0, 0.1) is 0 Å². The van der Waals surface area contributed by atoms with Crippen molar-refractivity contribution >= 4 is 43.1 Å². The first kappa shape index (κ1) is 26.2. The van der Waals surface area contributed by atoms with Crippen LogP contribution in [-0.2, 0) is 0 Å². The maximum atomic E-state index is 5.02. The van der Waals surface area contributed by atoms with Crippen molar-refractivity contribution in [3.05, 3.63) is 164 Å². The van der Waals surface area contributed by atoms with Gasteiger partial charge < -0.3 is 0 Å². The fraction of sp³-hybridized carbons (Fsp3) is 0. The molecular weight excluding hydrogens is 558 g/mol. The Kier molecular flexibility index (Phi) is 6.14. The van der Waals surface area contributed by atoms with Crippen LogP contribution in [0.2, 0.25) is 0 Å². The van der Waals surface area contributed by atoms with Crippen molar-refractivity contribution in [2.75, 3.05) is 0 Å². The van der Waals surface area contributed by atoms with E-state index in [4.69, 9.17) is 15.0 Å². The van der Waals surface area contributed by atoms with Crippen LogP contribution in [0.5, 0.6) is 0 Å². The van der Waals surface area contributed by atoms with Gasteiger partial charge in [-0.15, -0.1) is 0 Å². The molecule has 214 valence electrons. The normalized spacial score (nSPS) is 11.5. The molecule has 9 aromatic rings. The van der Waals surface area contributed by atoms with E-state index in [2.05, 4.69) is 133 Å². The maximum absolute atomic E-state index is 5.02. The lowest BCUT2D eigenvalue weighted by Crippen LogP contribution is -2.00. The minimum atomic E-state index is 0.650. The molecule has 0 aliphatic carbocycles. The monoisotopic (exact) mass is 585 g/mol. The Bertz CT molecular complexity index is 2570. The summed E-state index contributed by atoms with van der Waals surface area (Å²) in [4.78, 5) is 14.9. The minimum absolute atomic E-state index is 0.650. The number of nitrogens with zero attached hydrogens (tertiary/aromatic N) is 3. The highest BCUT2D eigenvalue weighted by atomic mass is 15.0. The molecule has 0 atom stereocenters. The number of rotatable bonds is 4. The van der Waals surface area contributed by atoms with Gasteiger partial charge in [-0.2, -0.15) is 0 Å². The van der Waals surface area contributed by atoms with E-state index in [1.807, 2.05) is 30.3 Å². The second kappa shape index (κ2) is 10.8. The van der Waals surface area contributed by atoms with E-state index in [-0.39, 0.29) is 0 Å². The van der Waals surface area contributed by atoms with Gasteiger partial charge in [-0.25, -0.2) is 15.0 Å². The summed E-state index contributed by atoms with van der Waals surface area (Å²) in [5.41, 5.74) is 5.26. The van der Waals surface area contributed by atoms with Gasteiger partial charge >= 0.3 is 0 Å². The molecule has 0 fully saturated rings. The van der Waals surface area contributed by atoms with Crippen molar-refractivity contribution in [3.8, 4) is 45.3 Å². The van der Waals surface area contributed by atoms with Gasteiger partial charge in [-0.1, -0.05) is 152 Å². The van der Waals surface area contributed by atoms with Crippen LogP contribution in [0.15, 0.2) is 164 Å². The topological polar surface area (TPSA) is 38.7 Å². The van der Waals surface area contributed by atoms with E-state index in [1.54, 1.807) is 0 Å². The summed E-state index contributed by atoms with van der Waals surface area (Å²) in [5, 5.41) is 9.84. The zero-order valence-electron chi connectivity index (χ0n) is 24.9. The van der Waals surface area contributed by atoms with Gasteiger partial charge in [0.1, 0.15) is 0 Å². The molecule has 46 heavy (non-hydrogen) atoms. The predicted molar refractivity (Wildman–Crippen MR) is 192 cm³/mol. The van der Waals surface area contributed by atoms with Crippen molar-refractivity contribution in [3.63, 3.8) is 0 Å². The molecule has 0 unspecified atom stereocenters. The molecule has 0 radical (unpaired) electrons. The molecule has 0 N–H and O–H groups in total. The first-order valence-corrected chi connectivity index (χ1v) is 15.5. The van der Waals surface area contributed by atoms with E-state index in [0.717, 1.165) is 27.6 Å². The Morgan fingerprint density at radius 3 is 1.54 bits per heavy atom. The number of aromatic nitrogens is 3. The van der Waals surface area contributed by atoms with Gasteiger partial charge in [0.2, 0.25) is 0 Å². The quantitative estimate of drug-likeness (QED) is 0.152. The first-order chi connectivity index (χ1) is 22.8. The third kappa shape index (κ3) is 4.49. The molecule has 1 aromatic heterocycles. The van der Waals surface area contributed by atoms with Gasteiger partial charge in [0, 0.05) is 16.7 Å². The summed E-state index contributed by atoms with van der Waals surface area (Å²) < 4.78 is 0. The summed E-state index contributed by atoms with van der Waals surface area (Å²) >= 11 is 0. The number of fused-ring (bicyclic) bond motifs is 5. The fourth-order valence-electron chi connectivity index (χ4n) is 6.60. The highest BCUT2D eigenvalue weighted by Gasteiger charge is 2.15. The molecule has 0 aliphatic rings. The van der Waals surface area contributed by atoms with Crippen molar-refractivity contribution in [1.82, 2.24) is 15.0 Å². The molecule has 3 nitrogen and oxygen atoms in total. The SMILES string of the molecule is c1ccc(-c2nc(-c3ccc(-c4c5ccccc5cc5c4ccc4ccccc45)cc3)nc(-c3ccc4ccccc4c3)n2)cc1. The van der Waals surface area contributed by atoms with Crippen LogP contribution in [0.4, 0.5) is 0 Å². The smallest absolute Gasteiger partial charge is 0.164 e. The number of benzene rings is 8. The molecule has 0 spiro atoms. The lowest BCUT2D eigenvalue weighted by Gasteiger charge is -2.14. The summed E-state index contributed by atoms with van der Waals surface area (Å²) in [5.74, 6) is 1.97. The predicted octanol–water partition coefficient (Wildman–Crippen LogP) is 11.2. The zero-order valence-corrected chi connectivity index (χ0v) is 24.9. The first-order valence-electron chi connectivity index (χ1n) is 15.5. The van der Waals surface area contributed by atoms with E-state index in [0.29, 0.717) is 17.5 Å². The molecule has 0 bridgehead atoms. The van der Waals surface area contributed by atoms with Gasteiger partial charge in [-0.3, -0.25) is 0 Å². The second-order valence-electron chi connectivity index (χ2n) is 11.7. The Morgan fingerprint density at radius 2 is 0.783 bits per heavy atom. The summed E-state index contributed by atoms with van der Waals surface area (Å²) in [6.45, 7) is 0. The highest BCUT2D eigenvalue weighted by molar-refractivity contribution is 6.20. The van der Waals surface area contributed by atoms with E-state index in [1.165, 1.54) is 43.3 Å². The Labute approximate surface area is 266 Å². The molecule has 0 saturated heterocycles. The van der Waals surface area contributed by atoms with Gasteiger partial charge in [-0.05, 0) is 66.3 Å². The van der Waals surface area contributed by atoms with Crippen LogP contribution in [0.1, 0.15) is 0 Å². The van der Waals surface area contributed by atoms with Crippen LogP contribution in [0.3, 0.4) is 0 Å². The van der Waals surface area contributed by atoms with Crippen LogP contribution in [-0.4, -0.2) is 15.0 Å². The van der Waals surface area contributed by atoms with Crippen molar-refractivity contribution in [1.29, 1.82) is 0 Å². The Balaban J connectivity index is 1.21. The standard InChI is InChI=1S/C43H27N3/c1-2-12-31(13-3-1)41-44-42(46-43(45-41)35-23-18-28-10-4-5-14-33(28)26-35)32-21-19-30(20-22-32)40-37-17-9-7-15-34(37)27-39-36-16-8-6-11-29(36)24-25-38(39)40/h1-27H. The van der Waals surface area contributed by atoms with Crippen LogP contribution < -0.4 is 0 Å². The lowest BCUT2D eigenvalue weighted by molar-refractivity contribution is 1.07. The van der Waals surface area contributed by atoms with Gasteiger partial charge in [0.15, 0.2) is 17.5 Å². The van der Waals surface area contributed by atoms with Crippen LogP contribution in [0.25, 0.3) is 88.4 Å². The molecule has 1 heterocycles. The molecule has 0 aliphatic heterocycles. The molecule has 8 aromatic carbocycles. The summed E-state index contributed by atoms with van der Waals surface area (Å²) in [6.07, 6.45) is 0. The number of hydrogen-bond donors (Lipinski definition) is 0. The average Bonchev–Trinajstić information content (AvgIpc) is 3.14. The van der Waals surface area contributed by atoms with E-state index >= 15 is 0 Å². The third-order valence-electron chi connectivity index (χ3n) is 8.88. The largest absolute Gasteiger partial charge is 0.208 e. The molecule has 9 rings (SSSR count). The minimum Gasteiger partial charge on any atom is -0.208 e. The van der Waals surface area contributed by atoms with Gasteiger partial charge in [0.05, 0.1) is 0 Å². The van der Waals surface area contributed by atoms with E-state index < -0.39 is 0 Å². The molecule has 0 amide bonds.